The third-order valence-electron chi connectivity index (χ3n) is 4.23. The van der Waals surface area contributed by atoms with E-state index >= 15 is 0 Å². The van der Waals surface area contributed by atoms with E-state index in [-0.39, 0.29) is 17.6 Å². The van der Waals surface area contributed by atoms with Crippen molar-refractivity contribution in [1.82, 2.24) is 20.3 Å². The molecule has 26 heavy (non-hydrogen) atoms. The molecule has 138 valence electrons. The van der Waals surface area contributed by atoms with E-state index in [1.165, 1.54) is 6.07 Å². The summed E-state index contributed by atoms with van der Waals surface area (Å²) in [5, 5.41) is 5.99. The van der Waals surface area contributed by atoms with Crippen LogP contribution in [0.25, 0.3) is 0 Å². The number of nitrogens with zero attached hydrogens (tertiary/aromatic N) is 3. The highest BCUT2D eigenvalue weighted by atomic mass is 32.1. The van der Waals surface area contributed by atoms with Gasteiger partial charge in [-0.05, 0) is 38.8 Å². The van der Waals surface area contributed by atoms with Gasteiger partial charge in [-0.1, -0.05) is 0 Å². The number of carbonyl (C=O) groups is 2. The van der Waals surface area contributed by atoms with Crippen molar-refractivity contribution in [3.05, 3.63) is 39.5 Å². The number of aryl methyl sites for hydroxylation is 1. The van der Waals surface area contributed by atoms with Crippen LogP contribution in [0.1, 0.15) is 57.4 Å². The summed E-state index contributed by atoms with van der Waals surface area (Å²) in [5.41, 5.74) is 3.54. The molecule has 0 bridgehead atoms. The first kappa shape index (κ1) is 18.3. The maximum Gasteiger partial charge on any atom is 0.283 e. The van der Waals surface area contributed by atoms with Crippen LogP contribution < -0.4 is 16.6 Å². The van der Waals surface area contributed by atoms with Gasteiger partial charge in [-0.15, -0.1) is 11.3 Å². The predicted molar refractivity (Wildman–Crippen MR) is 99.9 cm³/mol. The van der Waals surface area contributed by atoms with Crippen molar-refractivity contribution in [2.24, 2.45) is 5.84 Å². The minimum absolute atomic E-state index is 0.0243. The molecule has 2 amide bonds. The van der Waals surface area contributed by atoms with E-state index in [2.05, 4.69) is 20.7 Å². The first-order valence-electron chi connectivity index (χ1n) is 8.53. The third-order valence-corrected chi connectivity index (χ3v) is 5.29. The monoisotopic (exact) mass is 374 g/mol. The molecule has 1 saturated heterocycles. The van der Waals surface area contributed by atoms with Gasteiger partial charge in [0.05, 0.1) is 6.04 Å². The van der Waals surface area contributed by atoms with Crippen LogP contribution in [0.3, 0.4) is 0 Å². The van der Waals surface area contributed by atoms with Gasteiger partial charge >= 0.3 is 0 Å². The number of nitrogens with two attached hydrogens (primary N) is 1. The number of thiazole rings is 1. The number of aromatic nitrogens is 2. The number of amides is 2. The molecule has 1 atom stereocenters. The molecule has 3 rings (SSSR count). The zero-order valence-electron chi connectivity index (χ0n) is 14.8. The standard InChI is InChI=1S/C17H22N6O2S/c1-3-19-14-8-11(7-12(21-14)15(24)22-18)17(25)23-6-4-5-13(23)16-20-10(2)9-26-16/h7-9,13H,3-6,18H2,1-2H3,(H,19,21)(H,22,24)/t13-/m1/s1. The number of likely N-dealkylation sites (tertiary alicyclic amines) is 1. The quantitative estimate of drug-likeness (QED) is 0.418. The van der Waals surface area contributed by atoms with Crippen LogP contribution in [0, 0.1) is 6.92 Å². The summed E-state index contributed by atoms with van der Waals surface area (Å²) in [6.45, 7) is 5.16. The van der Waals surface area contributed by atoms with Gasteiger partial charge < -0.3 is 10.2 Å². The van der Waals surface area contributed by atoms with Crippen molar-refractivity contribution in [3.63, 3.8) is 0 Å². The molecule has 8 nitrogen and oxygen atoms in total. The number of pyridine rings is 1. The number of nitrogens with one attached hydrogen (secondary N) is 2. The van der Waals surface area contributed by atoms with E-state index in [4.69, 9.17) is 5.84 Å². The van der Waals surface area contributed by atoms with Crippen LogP contribution in [0.2, 0.25) is 0 Å². The van der Waals surface area contributed by atoms with Gasteiger partial charge in [0, 0.05) is 29.7 Å². The summed E-state index contributed by atoms with van der Waals surface area (Å²) in [6, 6.07) is 3.12. The molecule has 0 unspecified atom stereocenters. The maximum atomic E-state index is 13.1. The third kappa shape index (κ3) is 3.68. The van der Waals surface area contributed by atoms with Crippen LogP contribution in [-0.4, -0.2) is 39.8 Å². The fraction of sp³-hybridized carbons (Fsp3) is 0.412. The lowest BCUT2D eigenvalue weighted by atomic mass is 10.1. The average Bonchev–Trinajstić information content (AvgIpc) is 3.29. The van der Waals surface area contributed by atoms with Crippen LogP contribution in [0.4, 0.5) is 5.82 Å². The van der Waals surface area contributed by atoms with Gasteiger partial charge in [-0.25, -0.2) is 15.8 Å². The minimum atomic E-state index is -0.535. The maximum absolute atomic E-state index is 13.1. The number of nitrogen functional groups attached to an aromatic ring is 1. The average molecular weight is 374 g/mol. The van der Waals surface area contributed by atoms with E-state index in [0.717, 1.165) is 23.5 Å². The van der Waals surface area contributed by atoms with Crippen molar-refractivity contribution >= 4 is 29.0 Å². The summed E-state index contributed by atoms with van der Waals surface area (Å²) in [4.78, 5) is 35.6. The predicted octanol–water partition coefficient (Wildman–Crippen LogP) is 1.86. The molecule has 0 saturated carbocycles. The zero-order chi connectivity index (χ0) is 18.7. The van der Waals surface area contributed by atoms with Crippen LogP contribution in [0.5, 0.6) is 0 Å². The van der Waals surface area contributed by atoms with Crippen LogP contribution >= 0.6 is 11.3 Å². The Bertz CT molecular complexity index is 821. The molecule has 3 heterocycles. The normalized spacial score (nSPS) is 16.6. The number of rotatable bonds is 5. The van der Waals surface area contributed by atoms with Crippen LogP contribution in [0.15, 0.2) is 17.5 Å². The van der Waals surface area contributed by atoms with E-state index in [9.17, 15) is 9.59 Å². The Hall–Kier alpha value is -2.52. The van der Waals surface area contributed by atoms with E-state index in [0.29, 0.717) is 24.5 Å². The highest BCUT2D eigenvalue weighted by molar-refractivity contribution is 7.09. The molecule has 2 aromatic heterocycles. The van der Waals surface area contributed by atoms with Crippen LogP contribution in [-0.2, 0) is 0 Å². The fourth-order valence-corrected chi connectivity index (χ4v) is 4.02. The summed E-state index contributed by atoms with van der Waals surface area (Å²) in [5.74, 6) is 5.02. The minimum Gasteiger partial charge on any atom is -0.370 e. The van der Waals surface area contributed by atoms with Crippen molar-refractivity contribution in [1.29, 1.82) is 0 Å². The second kappa shape index (κ2) is 7.79. The summed E-state index contributed by atoms with van der Waals surface area (Å²) in [7, 11) is 0. The first-order chi connectivity index (χ1) is 12.5. The highest BCUT2D eigenvalue weighted by Gasteiger charge is 2.33. The molecule has 4 N–H and O–H groups in total. The molecule has 9 heteroatoms. The van der Waals surface area contributed by atoms with Crippen molar-refractivity contribution in [2.75, 3.05) is 18.4 Å². The van der Waals surface area contributed by atoms with Gasteiger partial charge in [-0.2, -0.15) is 0 Å². The molecule has 0 radical (unpaired) electrons. The lowest BCUT2D eigenvalue weighted by molar-refractivity contribution is 0.0735. The fourth-order valence-electron chi connectivity index (χ4n) is 3.07. The van der Waals surface area contributed by atoms with Gasteiger partial charge in [0.25, 0.3) is 11.8 Å². The molecule has 0 aliphatic carbocycles. The van der Waals surface area contributed by atoms with E-state index in [1.54, 1.807) is 17.4 Å². The molecular weight excluding hydrogens is 352 g/mol. The Morgan fingerprint density at radius 3 is 2.85 bits per heavy atom. The molecule has 1 fully saturated rings. The highest BCUT2D eigenvalue weighted by Crippen LogP contribution is 2.35. The second-order valence-corrected chi connectivity index (χ2v) is 7.00. The lowest BCUT2D eigenvalue weighted by Crippen LogP contribution is -2.33. The second-order valence-electron chi connectivity index (χ2n) is 6.11. The summed E-state index contributed by atoms with van der Waals surface area (Å²) >= 11 is 1.58. The number of hydrogen-bond donors (Lipinski definition) is 3. The number of hydrazine groups is 1. The molecule has 2 aromatic rings. The Morgan fingerprint density at radius 2 is 2.19 bits per heavy atom. The number of anilines is 1. The Morgan fingerprint density at radius 1 is 1.38 bits per heavy atom. The van der Waals surface area contributed by atoms with Crippen molar-refractivity contribution < 1.29 is 9.59 Å². The summed E-state index contributed by atoms with van der Waals surface area (Å²) in [6.07, 6.45) is 1.82. The SMILES string of the molecule is CCNc1cc(C(=O)N2CCC[C@@H]2c2nc(C)cs2)cc(C(=O)NN)n1. The molecule has 1 aliphatic heterocycles. The van der Waals surface area contributed by atoms with E-state index < -0.39 is 5.91 Å². The Balaban J connectivity index is 1.92. The Labute approximate surface area is 155 Å². The smallest absolute Gasteiger partial charge is 0.283 e. The summed E-state index contributed by atoms with van der Waals surface area (Å²) < 4.78 is 0. The van der Waals surface area contributed by atoms with Gasteiger partial charge in [0.1, 0.15) is 16.5 Å². The van der Waals surface area contributed by atoms with Gasteiger partial charge in [0.15, 0.2) is 0 Å². The lowest BCUT2D eigenvalue weighted by Gasteiger charge is -2.23. The molecular formula is C17H22N6O2S. The van der Waals surface area contributed by atoms with E-state index in [1.807, 2.05) is 24.1 Å². The largest absolute Gasteiger partial charge is 0.370 e. The first-order valence-corrected chi connectivity index (χ1v) is 9.41. The molecule has 0 aromatic carbocycles. The zero-order valence-corrected chi connectivity index (χ0v) is 15.6. The number of carbonyl (C=O) groups excluding carboxylic acids is 2. The Kier molecular flexibility index (Phi) is 5.48. The van der Waals surface area contributed by atoms with Crippen molar-refractivity contribution in [3.8, 4) is 0 Å². The topological polar surface area (TPSA) is 113 Å². The van der Waals surface area contributed by atoms with Crippen molar-refractivity contribution in [2.45, 2.75) is 32.7 Å². The molecule has 0 spiro atoms. The number of hydrogen-bond acceptors (Lipinski definition) is 7. The van der Waals surface area contributed by atoms with Gasteiger partial charge in [0.2, 0.25) is 0 Å². The van der Waals surface area contributed by atoms with Gasteiger partial charge in [-0.3, -0.25) is 15.0 Å². The molecule has 1 aliphatic rings.